The highest BCUT2D eigenvalue weighted by molar-refractivity contribution is 5.78. The predicted molar refractivity (Wildman–Crippen MR) is 77.4 cm³/mol. The van der Waals surface area contributed by atoms with E-state index in [9.17, 15) is 9.18 Å². The molecule has 3 fully saturated rings. The minimum Gasteiger partial charge on any atom is -0.354 e. The quantitative estimate of drug-likeness (QED) is 0.837. The van der Waals surface area contributed by atoms with E-state index in [4.69, 9.17) is 0 Å². The van der Waals surface area contributed by atoms with Crippen LogP contribution < -0.4 is 4.90 Å². The maximum Gasteiger partial charge on any atom is 0.223 e. The largest absolute Gasteiger partial charge is 0.354 e. The summed E-state index contributed by atoms with van der Waals surface area (Å²) < 4.78 is 13.9. The Morgan fingerprint density at radius 1 is 1.24 bits per heavy atom. The number of pyridine rings is 1. The summed E-state index contributed by atoms with van der Waals surface area (Å²) in [6, 6.07) is 3.94. The molecule has 0 radical (unpaired) electrons. The summed E-state index contributed by atoms with van der Waals surface area (Å²) >= 11 is 0. The molecule has 0 aromatic carbocycles. The van der Waals surface area contributed by atoms with Gasteiger partial charge in [0.2, 0.25) is 5.91 Å². The van der Waals surface area contributed by atoms with Crippen LogP contribution in [0.2, 0.25) is 0 Å². The number of fused-ring (bicyclic) bond motifs is 1. The number of piperidine rings is 2. The predicted octanol–water partition coefficient (Wildman–Crippen LogP) is 2.20. The van der Waals surface area contributed by atoms with Crippen molar-refractivity contribution < 1.29 is 9.18 Å². The van der Waals surface area contributed by atoms with Crippen molar-refractivity contribution in [3.8, 4) is 0 Å². The number of hydrogen-bond donors (Lipinski definition) is 0. The molecule has 1 saturated carbocycles. The van der Waals surface area contributed by atoms with Gasteiger partial charge < -0.3 is 9.80 Å². The summed E-state index contributed by atoms with van der Waals surface area (Å²) in [7, 11) is 0. The molecule has 3 heterocycles. The van der Waals surface area contributed by atoms with Crippen LogP contribution in [0.5, 0.6) is 0 Å². The van der Waals surface area contributed by atoms with E-state index in [0.29, 0.717) is 36.1 Å². The van der Waals surface area contributed by atoms with Crippen LogP contribution in [0, 0.1) is 11.7 Å². The van der Waals surface area contributed by atoms with Gasteiger partial charge in [-0.3, -0.25) is 4.79 Å². The first-order valence-electron chi connectivity index (χ1n) is 7.90. The van der Waals surface area contributed by atoms with E-state index < -0.39 is 0 Å². The molecule has 2 atom stereocenters. The van der Waals surface area contributed by atoms with Crippen LogP contribution in [0.15, 0.2) is 18.3 Å². The van der Waals surface area contributed by atoms with E-state index in [1.165, 1.54) is 6.07 Å². The van der Waals surface area contributed by atoms with Crippen LogP contribution in [0.25, 0.3) is 0 Å². The zero-order valence-electron chi connectivity index (χ0n) is 12.0. The van der Waals surface area contributed by atoms with Gasteiger partial charge in [0.1, 0.15) is 0 Å². The minimum atomic E-state index is -0.248. The third-order valence-electron chi connectivity index (χ3n) is 5.05. The van der Waals surface area contributed by atoms with Gasteiger partial charge >= 0.3 is 0 Å². The summed E-state index contributed by atoms with van der Waals surface area (Å²) in [5, 5.41) is 0. The van der Waals surface area contributed by atoms with E-state index in [1.807, 2.05) is 0 Å². The highest BCUT2D eigenvalue weighted by Gasteiger charge is 2.45. The van der Waals surface area contributed by atoms with Crippen molar-refractivity contribution in [2.24, 2.45) is 5.92 Å². The number of hydrogen-bond acceptors (Lipinski definition) is 3. The first-order valence-corrected chi connectivity index (χ1v) is 7.90. The van der Waals surface area contributed by atoms with Crippen LogP contribution in [-0.2, 0) is 4.79 Å². The number of aromatic nitrogens is 1. The molecule has 1 aromatic heterocycles. The number of amides is 1. The molecule has 112 valence electrons. The Hall–Kier alpha value is -1.65. The minimum absolute atomic E-state index is 0.248. The maximum absolute atomic E-state index is 13.9. The molecule has 0 spiro atoms. The lowest BCUT2D eigenvalue weighted by molar-refractivity contribution is -0.140. The summed E-state index contributed by atoms with van der Waals surface area (Å²) in [5.74, 6) is 1.00. The normalized spacial score (nSPS) is 29.5. The lowest BCUT2D eigenvalue weighted by Gasteiger charge is -2.47. The molecule has 2 aliphatic heterocycles. The second-order valence-corrected chi connectivity index (χ2v) is 6.44. The monoisotopic (exact) mass is 289 g/mol. The maximum atomic E-state index is 13.9. The molecule has 4 nitrogen and oxygen atoms in total. The molecule has 1 aliphatic carbocycles. The molecule has 3 aliphatic rings. The standard InChI is InChI=1S/C16H20FN3O/c17-13-2-1-8-18-16(13)19-9-7-14-11(10-19)3-6-15(21)20(14)12-4-5-12/h1-2,8,11-12,14H,3-7,9-10H2. The Labute approximate surface area is 123 Å². The first kappa shape index (κ1) is 13.0. The first-order chi connectivity index (χ1) is 10.2. The summed E-state index contributed by atoms with van der Waals surface area (Å²) in [4.78, 5) is 20.6. The molecule has 2 unspecified atom stereocenters. The van der Waals surface area contributed by atoms with Crippen molar-refractivity contribution in [2.45, 2.75) is 44.2 Å². The van der Waals surface area contributed by atoms with Gasteiger partial charge in [-0.2, -0.15) is 0 Å². The summed E-state index contributed by atoms with van der Waals surface area (Å²) in [6.45, 7) is 1.60. The van der Waals surface area contributed by atoms with Crippen molar-refractivity contribution in [3.63, 3.8) is 0 Å². The Morgan fingerprint density at radius 2 is 2.10 bits per heavy atom. The molecule has 5 heteroatoms. The van der Waals surface area contributed by atoms with Crippen molar-refractivity contribution in [3.05, 3.63) is 24.1 Å². The van der Waals surface area contributed by atoms with Crippen molar-refractivity contribution in [1.29, 1.82) is 0 Å². The van der Waals surface area contributed by atoms with Crippen LogP contribution in [0.1, 0.15) is 32.1 Å². The molecular formula is C16H20FN3O. The zero-order valence-corrected chi connectivity index (χ0v) is 12.0. The van der Waals surface area contributed by atoms with Gasteiger partial charge in [0.25, 0.3) is 0 Å². The third-order valence-corrected chi connectivity index (χ3v) is 5.05. The van der Waals surface area contributed by atoms with Crippen LogP contribution in [0.3, 0.4) is 0 Å². The van der Waals surface area contributed by atoms with Crippen LogP contribution in [0.4, 0.5) is 10.2 Å². The molecule has 1 aromatic rings. The number of carbonyl (C=O) groups is 1. The number of anilines is 1. The number of rotatable bonds is 2. The molecule has 21 heavy (non-hydrogen) atoms. The van der Waals surface area contributed by atoms with Gasteiger partial charge in [-0.1, -0.05) is 0 Å². The lowest BCUT2D eigenvalue weighted by atomic mass is 9.83. The van der Waals surface area contributed by atoms with E-state index in [0.717, 1.165) is 38.8 Å². The fourth-order valence-electron chi connectivity index (χ4n) is 3.92. The number of carbonyl (C=O) groups excluding carboxylic acids is 1. The van der Waals surface area contributed by atoms with Gasteiger partial charge in [0.05, 0.1) is 0 Å². The Bertz CT molecular complexity index is 560. The van der Waals surface area contributed by atoms with Gasteiger partial charge in [-0.05, 0) is 43.7 Å². The molecule has 4 rings (SSSR count). The topological polar surface area (TPSA) is 36.4 Å². The Kier molecular flexibility index (Phi) is 3.08. The third kappa shape index (κ3) is 2.28. The van der Waals surface area contributed by atoms with E-state index in [2.05, 4.69) is 14.8 Å². The van der Waals surface area contributed by atoms with E-state index in [-0.39, 0.29) is 5.82 Å². The molecule has 2 saturated heterocycles. The van der Waals surface area contributed by atoms with Crippen molar-refractivity contribution in [2.75, 3.05) is 18.0 Å². The second kappa shape index (κ2) is 4.97. The SMILES string of the molecule is O=C1CCC2CN(c3ncccc3F)CCC2N1C1CC1. The highest BCUT2D eigenvalue weighted by atomic mass is 19.1. The van der Waals surface area contributed by atoms with Crippen molar-refractivity contribution in [1.82, 2.24) is 9.88 Å². The number of likely N-dealkylation sites (tertiary alicyclic amines) is 1. The van der Waals surface area contributed by atoms with Gasteiger partial charge in [-0.15, -0.1) is 0 Å². The lowest BCUT2D eigenvalue weighted by Crippen LogP contribution is -2.57. The van der Waals surface area contributed by atoms with Crippen molar-refractivity contribution >= 4 is 11.7 Å². The number of nitrogens with zero attached hydrogens (tertiary/aromatic N) is 3. The fourth-order valence-corrected chi connectivity index (χ4v) is 3.92. The highest BCUT2D eigenvalue weighted by Crippen LogP contribution is 2.39. The van der Waals surface area contributed by atoms with Gasteiger partial charge in [-0.25, -0.2) is 9.37 Å². The average molecular weight is 289 g/mol. The van der Waals surface area contributed by atoms with Crippen LogP contribution in [-0.4, -0.2) is 41.0 Å². The summed E-state index contributed by atoms with van der Waals surface area (Å²) in [5.41, 5.74) is 0. The average Bonchev–Trinajstić information content (AvgIpc) is 3.32. The molecule has 0 N–H and O–H groups in total. The molecule has 0 bridgehead atoms. The fraction of sp³-hybridized carbons (Fsp3) is 0.625. The summed E-state index contributed by atoms with van der Waals surface area (Å²) in [6.07, 6.45) is 6.48. The van der Waals surface area contributed by atoms with E-state index >= 15 is 0 Å². The smallest absolute Gasteiger partial charge is 0.223 e. The molecular weight excluding hydrogens is 269 g/mol. The van der Waals surface area contributed by atoms with Gasteiger partial charge in [0.15, 0.2) is 11.6 Å². The van der Waals surface area contributed by atoms with Crippen LogP contribution >= 0.6 is 0 Å². The van der Waals surface area contributed by atoms with Gasteiger partial charge in [0, 0.05) is 37.8 Å². The zero-order chi connectivity index (χ0) is 14.4. The second-order valence-electron chi connectivity index (χ2n) is 6.44. The number of halogens is 1. The molecule has 1 amide bonds. The Morgan fingerprint density at radius 3 is 2.86 bits per heavy atom. The van der Waals surface area contributed by atoms with E-state index in [1.54, 1.807) is 12.3 Å². The Balaban J connectivity index is 1.53.